The quantitative estimate of drug-likeness (QED) is 0.530. The first kappa shape index (κ1) is 19.4. The number of imide groups is 2. The number of nitrogens with one attached hydrogen (secondary N) is 1. The molecule has 6 nitrogen and oxygen atoms in total. The van der Waals surface area contributed by atoms with E-state index in [2.05, 4.69) is 5.32 Å². The maximum absolute atomic E-state index is 13.3. The van der Waals surface area contributed by atoms with Gasteiger partial charge in [0.25, 0.3) is 11.8 Å². The van der Waals surface area contributed by atoms with Crippen molar-refractivity contribution in [3.05, 3.63) is 76.9 Å². The van der Waals surface area contributed by atoms with Crippen molar-refractivity contribution in [1.82, 2.24) is 5.32 Å². The number of hydrogen-bond acceptors (Lipinski definition) is 4. The first-order chi connectivity index (χ1) is 14.4. The lowest BCUT2D eigenvalue weighted by molar-refractivity contribution is -0.122. The lowest BCUT2D eigenvalue weighted by atomic mass is 9.99. The van der Waals surface area contributed by atoms with E-state index in [1.165, 1.54) is 13.2 Å². The lowest BCUT2D eigenvalue weighted by Crippen LogP contribution is -2.54. The molecule has 4 rings (SSSR count). The Balaban J connectivity index is 1.89. The number of methoxy groups -OCH3 is 1. The van der Waals surface area contributed by atoms with Gasteiger partial charge in [0.15, 0.2) is 0 Å². The average Bonchev–Trinajstić information content (AvgIpc) is 2.73. The fourth-order valence-electron chi connectivity index (χ4n) is 3.58. The van der Waals surface area contributed by atoms with Gasteiger partial charge in [-0.3, -0.25) is 14.9 Å². The van der Waals surface area contributed by atoms with E-state index in [0.29, 0.717) is 17.0 Å². The first-order valence-corrected chi connectivity index (χ1v) is 9.45. The van der Waals surface area contributed by atoms with E-state index in [4.69, 9.17) is 4.74 Å². The van der Waals surface area contributed by atoms with Gasteiger partial charge in [-0.25, -0.2) is 9.69 Å². The Kier molecular flexibility index (Phi) is 4.83. The predicted octanol–water partition coefficient (Wildman–Crippen LogP) is 4.13. The number of carbonyl (C=O) groups excluding carboxylic acids is 3. The van der Waals surface area contributed by atoms with Gasteiger partial charge in [-0.15, -0.1) is 0 Å². The number of barbiturate groups is 1. The number of rotatable bonds is 3. The molecule has 0 aromatic heterocycles. The SMILES string of the molecule is COc1ccc2ccccc2c1/C=C1\C(=O)NC(=O)N(c2cc(C)ccc2C)C1=O. The molecule has 1 heterocycles. The molecule has 0 spiro atoms. The van der Waals surface area contributed by atoms with E-state index in [1.54, 1.807) is 12.1 Å². The van der Waals surface area contributed by atoms with Gasteiger partial charge in [0.2, 0.25) is 0 Å². The number of amides is 4. The van der Waals surface area contributed by atoms with Crippen LogP contribution in [0.25, 0.3) is 16.8 Å². The molecule has 0 aliphatic carbocycles. The summed E-state index contributed by atoms with van der Waals surface area (Å²) in [5, 5.41) is 4.05. The monoisotopic (exact) mass is 400 g/mol. The molecule has 1 saturated heterocycles. The predicted molar refractivity (Wildman–Crippen MR) is 115 cm³/mol. The van der Waals surface area contributed by atoms with Crippen molar-refractivity contribution in [3.8, 4) is 5.75 Å². The van der Waals surface area contributed by atoms with Crippen LogP contribution in [0.3, 0.4) is 0 Å². The standard InChI is InChI=1S/C24H20N2O4/c1-14-8-9-15(2)20(12-14)26-23(28)19(22(27)25-24(26)29)13-18-17-7-5-4-6-16(17)10-11-21(18)30-3/h4-13H,1-3H3,(H,25,27,29)/b19-13+. The van der Waals surface area contributed by atoms with Crippen LogP contribution in [0.2, 0.25) is 0 Å². The highest BCUT2D eigenvalue weighted by Crippen LogP contribution is 2.32. The summed E-state index contributed by atoms with van der Waals surface area (Å²) in [6, 6.07) is 16.0. The average molecular weight is 400 g/mol. The van der Waals surface area contributed by atoms with E-state index >= 15 is 0 Å². The van der Waals surface area contributed by atoms with E-state index in [1.807, 2.05) is 56.3 Å². The second-order valence-corrected chi connectivity index (χ2v) is 7.15. The number of urea groups is 1. The Morgan fingerprint density at radius 1 is 0.967 bits per heavy atom. The second-order valence-electron chi connectivity index (χ2n) is 7.15. The van der Waals surface area contributed by atoms with Gasteiger partial charge >= 0.3 is 6.03 Å². The molecule has 3 aromatic rings. The number of hydrogen-bond donors (Lipinski definition) is 1. The van der Waals surface area contributed by atoms with Crippen LogP contribution >= 0.6 is 0 Å². The summed E-state index contributed by atoms with van der Waals surface area (Å²) in [7, 11) is 1.53. The van der Waals surface area contributed by atoms with Crippen molar-refractivity contribution in [2.24, 2.45) is 0 Å². The van der Waals surface area contributed by atoms with Crippen LogP contribution in [0.15, 0.2) is 60.2 Å². The van der Waals surface area contributed by atoms with Crippen LogP contribution in [0.5, 0.6) is 5.75 Å². The topological polar surface area (TPSA) is 75.7 Å². The fraction of sp³-hybridized carbons (Fsp3) is 0.125. The molecular weight excluding hydrogens is 380 g/mol. The Morgan fingerprint density at radius 3 is 2.50 bits per heavy atom. The number of anilines is 1. The van der Waals surface area contributed by atoms with E-state index in [0.717, 1.165) is 26.8 Å². The summed E-state index contributed by atoms with van der Waals surface area (Å²) in [5.41, 5.74) is 2.56. The molecule has 6 heteroatoms. The molecule has 1 fully saturated rings. The van der Waals surface area contributed by atoms with Gasteiger partial charge in [0.05, 0.1) is 12.8 Å². The molecule has 0 radical (unpaired) electrons. The van der Waals surface area contributed by atoms with E-state index in [9.17, 15) is 14.4 Å². The van der Waals surface area contributed by atoms with Crippen molar-refractivity contribution in [2.45, 2.75) is 13.8 Å². The van der Waals surface area contributed by atoms with E-state index < -0.39 is 17.8 Å². The number of fused-ring (bicyclic) bond motifs is 1. The highest BCUT2D eigenvalue weighted by molar-refractivity contribution is 6.39. The summed E-state index contributed by atoms with van der Waals surface area (Å²) >= 11 is 0. The molecule has 0 bridgehead atoms. The molecule has 0 saturated carbocycles. The third kappa shape index (κ3) is 3.22. The van der Waals surface area contributed by atoms with Gasteiger partial charge < -0.3 is 4.74 Å². The molecule has 150 valence electrons. The maximum Gasteiger partial charge on any atom is 0.335 e. The third-order valence-electron chi connectivity index (χ3n) is 5.15. The summed E-state index contributed by atoms with van der Waals surface area (Å²) in [6.45, 7) is 3.68. The normalized spacial score (nSPS) is 15.6. The number of benzene rings is 3. The Labute approximate surface area is 173 Å². The van der Waals surface area contributed by atoms with Crippen molar-refractivity contribution in [1.29, 1.82) is 0 Å². The largest absolute Gasteiger partial charge is 0.496 e. The van der Waals surface area contributed by atoms with Gasteiger partial charge in [0, 0.05) is 5.56 Å². The summed E-state index contributed by atoms with van der Waals surface area (Å²) in [6.07, 6.45) is 1.49. The van der Waals surface area contributed by atoms with E-state index in [-0.39, 0.29) is 5.57 Å². The number of ether oxygens (including phenoxy) is 1. The lowest BCUT2D eigenvalue weighted by Gasteiger charge is -2.28. The molecule has 1 aliphatic heterocycles. The maximum atomic E-state index is 13.3. The molecular formula is C24H20N2O4. The molecule has 0 unspecified atom stereocenters. The van der Waals surface area contributed by atoms with Crippen LogP contribution < -0.4 is 15.0 Å². The zero-order valence-electron chi connectivity index (χ0n) is 16.9. The first-order valence-electron chi connectivity index (χ1n) is 9.45. The summed E-state index contributed by atoms with van der Waals surface area (Å²) < 4.78 is 5.46. The van der Waals surface area contributed by atoms with Crippen LogP contribution in [-0.2, 0) is 9.59 Å². The van der Waals surface area contributed by atoms with Crippen molar-refractivity contribution < 1.29 is 19.1 Å². The summed E-state index contributed by atoms with van der Waals surface area (Å²) in [4.78, 5) is 39.4. The zero-order chi connectivity index (χ0) is 21.4. The molecule has 4 amide bonds. The van der Waals surface area contributed by atoms with Crippen molar-refractivity contribution in [2.75, 3.05) is 12.0 Å². The van der Waals surface area contributed by atoms with Crippen molar-refractivity contribution >= 4 is 40.4 Å². The minimum absolute atomic E-state index is 0.134. The van der Waals surface area contributed by atoms with Gasteiger partial charge in [0.1, 0.15) is 11.3 Å². The number of carbonyl (C=O) groups is 3. The van der Waals surface area contributed by atoms with Crippen molar-refractivity contribution in [3.63, 3.8) is 0 Å². The highest BCUT2D eigenvalue weighted by atomic mass is 16.5. The molecule has 0 atom stereocenters. The van der Waals surface area contributed by atoms with Gasteiger partial charge in [-0.2, -0.15) is 0 Å². The minimum Gasteiger partial charge on any atom is -0.496 e. The third-order valence-corrected chi connectivity index (χ3v) is 5.15. The van der Waals surface area contributed by atoms with Crippen LogP contribution in [0, 0.1) is 13.8 Å². The minimum atomic E-state index is -0.763. The van der Waals surface area contributed by atoms with Gasteiger partial charge in [-0.05, 0) is 54.0 Å². The second kappa shape index (κ2) is 7.48. The Morgan fingerprint density at radius 2 is 1.73 bits per heavy atom. The molecule has 3 aromatic carbocycles. The fourth-order valence-corrected chi connectivity index (χ4v) is 3.58. The molecule has 1 aliphatic rings. The summed E-state index contributed by atoms with van der Waals surface area (Å²) in [5.74, 6) is -0.883. The molecule has 1 N–H and O–H groups in total. The Bertz CT molecular complexity index is 1240. The smallest absolute Gasteiger partial charge is 0.335 e. The van der Waals surface area contributed by atoms with Crippen LogP contribution in [0.4, 0.5) is 10.5 Å². The molecule has 30 heavy (non-hydrogen) atoms. The Hall–Kier alpha value is -3.93. The van der Waals surface area contributed by atoms with Crippen LogP contribution in [-0.4, -0.2) is 25.0 Å². The number of aryl methyl sites for hydroxylation is 2. The number of nitrogens with zero attached hydrogens (tertiary/aromatic N) is 1. The van der Waals surface area contributed by atoms with Crippen LogP contribution in [0.1, 0.15) is 16.7 Å². The highest BCUT2D eigenvalue weighted by Gasteiger charge is 2.37. The zero-order valence-corrected chi connectivity index (χ0v) is 16.9. The van der Waals surface area contributed by atoms with Gasteiger partial charge in [-0.1, -0.05) is 42.5 Å².